The Balaban J connectivity index is 2.49. The SMILES string of the molecule is C[NH+]=c1ccc2c(C)c3ccc(N)cc3oc-2c1. The minimum atomic E-state index is 0.717. The number of anilines is 1. The summed E-state index contributed by atoms with van der Waals surface area (Å²) in [6.07, 6.45) is 0. The molecule has 0 amide bonds. The van der Waals surface area contributed by atoms with E-state index >= 15 is 0 Å². The number of benzene rings is 2. The summed E-state index contributed by atoms with van der Waals surface area (Å²) in [5, 5.41) is 2.14. The molecule has 0 unspecified atom stereocenters. The zero-order valence-corrected chi connectivity index (χ0v) is 10.4. The van der Waals surface area contributed by atoms with Gasteiger partial charge in [0.1, 0.15) is 18.4 Å². The van der Waals surface area contributed by atoms with Gasteiger partial charge in [-0.1, -0.05) is 0 Å². The Morgan fingerprint density at radius 1 is 1.11 bits per heavy atom. The van der Waals surface area contributed by atoms with Crippen LogP contribution in [0, 0.1) is 6.92 Å². The summed E-state index contributed by atoms with van der Waals surface area (Å²) in [5.41, 5.74) is 9.69. The fourth-order valence-corrected chi connectivity index (χ4v) is 2.27. The van der Waals surface area contributed by atoms with E-state index < -0.39 is 0 Å². The van der Waals surface area contributed by atoms with Crippen molar-refractivity contribution in [2.75, 3.05) is 12.8 Å². The first kappa shape index (κ1) is 10.8. The van der Waals surface area contributed by atoms with E-state index in [1.165, 1.54) is 5.56 Å². The van der Waals surface area contributed by atoms with E-state index in [2.05, 4.69) is 18.0 Å². The number of hydrogen-bond donors (Lipinski definition) is 2. The van der Waals surface area contributed by atoms with Gasteiger partial charge in [0.25, 0.3) is 0 Å². The standard InChI is InChI=1S/C15H14N2O/c1-9-12-5-3-10(16)7-14(12)18-15-8-11(17-2)4-6-13(9)15/h3-8H,16H2,1-2H3/p+1. The van der Waals surface area contributed by atoms with Gasteiger partial charge in [0, 0.05) is 28.8 Å². The van der Waals surface area contributed by atoms with Crippen LogP contribution in [-0.2, 0) is 0 Å². The molecule has 0 bridgehead atoms. The Morgan fingerprint density at radius 2 is 1.94 bits per heavy atom. The third kappa shape index (κ3) is 1.56. The molecule has 1 aliphatic heterocycles. The van der Waals surface area contributed by atoms with Crippen molar-refractivity contribution in [2.45, 2.75) is 6.92 Å². The second-order valence-electron chi connectivity index (χ2n) is 4.44. The van der Waals surface area contributed by atoms with Crippen LogP contribution in [0.1, 0.15) is 5.56 Å². The van der Waals surface area contributed by atoms with Crippen LogP contribution in [0.15, 0.2) is 40.8 Å². The lowest BCUT2D eigenvalue weighted by atomic mass is 10.0. The van der Waals surface area contributed by atoms with Crippen molar-refractivity contribution in [1.82, 2.24) is 0 Å². The molecule has 1 aliphatic carbocycles. The molecule has 1 heterocycles. The van der Waals surface area contributed by atoms with Crippen LogP contribution < -0.4 is 16.1 Å². The molecule has 3 heteroatoms. The summed E-state index contributed by atoms with van der Waals surface area (Å²) in [6.45, 7) is 2.11. The van der Waals surface area contributed by atoms with E-state index in [0.717, 1.165) is 33.3 Å². The Morgan fingerprint density at radius 3 is 2.72 bits per heavy atom. The normalized spacial score (nSPS) is 12.4. The van der Waals surface area contributed by atoms with Crippen LogP contribution >= 0.6 is 0 Å². The molecule has 2 aliphatic rings. The van der Waals surface area contributed by atoms with Crippen molar-refractivity contribution in [3.05, 3.63) is 47.3 Å². The second kappa shape index (κ2) is 3.88. The molecular weight excluding hydrogens is 224 g/mol. The highest BCUT2D eigenvalue weighted by atomic mass is 16.3. The van der Waals surface area contributed by atoms with Gasteiger partial charge in [-0.15, -0.1) is 0 Å². The Kier molecular flexibility index (Phi) is 2.33. The van der Waals surface area contributed by atoms with Gasteiger partial charge >= 0.3 is 0 Å². The zero-order chi connectivity index (χ0) is 12.7. The average molecular weight is 239 g/mol. The Hall–Kier alpha value is -2.29. The van der Waals surface area contributed by atoms with Gasteiger partial charge in [0.15, 0.2) is 0 Å². The van der Waals surface area contributed by atoms with Crippen LogP contribution in [-0.4, -0.2) is 7.05 Å². The van der Waals surface area contributed by atoms with E-state index in [9.17, 15) is 0 Å². The van der Waals surface area contributed by atoms with Crippen molar-refractivity contribution in [3.8, 4) is 11.3 Å². The first-order chi connectivity index (χ1) is 8.69. The first-order valence-electron chi connectivity index (χ1n) is 5.92. The first-order valence-corrected chi connectivity index (χ1v) is 5.92. The third-order valence-corrected chi connectivity index (χ3v) is 3.30. The molecule has 1 aromatic rings. The maximum Gasteiger partial charge on any atom is 0.201 e. The summed E-state index contributed by atoms with van der Waals surface area (Å²) < 4.78 is 5.93. The summed E-state index contributed by atoms with van der Waals surface area (Å²) in [6, 6.07) is 11.9. The van der Waals surface area contributed by atoms with E-state index in [0.29, 0.717) is 0 Å². The van der Waals surface area contributed by atoms with E-state index in [-0.39, 0.29) is 0 Å². The monoisotopic (exact) mass is 239 g/mol. The maximum absolute atomic E-state index is 5.93. The predicted octanol–water partition coefficient (Wildman–Crippen LogP) is 1.04. The summed E-state index contributed by atoms with van der Waals surface area (Å²) >= 11 is 0. The molecule has 0 atom stereocenters. The third-order valence-electron chi connectivity index (χ3n) is 3.30. The van der Waals surface area contributed by atoms with Gasteiger partial charge in [-0.3, -0.25) is 0 Å². The van der Waals surface area contributed by atoms with E-state index in [4.69, 9.17) is 10.2 Å². The van der Waals surface area contributed by atoms with Gasteiger partial charge in [0.05, 0.1) is 6.07 Å². The fourth-order valence-electron chi connectivity index (χ4n) is 2.27. The van der Waals surface area contributed by atoms with E-state index in [1.54, 1.807) is 0 Å². The Labute approximate surface area is 105 Å². The van der Waals surface area contributed by atoms with Crippen LogP contribution in [0.4, 0.5) is 5.69 Å². The molecular formula is C15H15N2O+. The summed E-state index contributed by atoms with van der Waals surface area (Å²) in [5.74, 6) is 0.873. The highest BCUT2D eigenvalue weighted by Crippen LogP contribution is 2.32. The Bertz CT molecular complexity index is 771. The molecule has 18 heavy (non-hydrogen) atoms. The highest BCUT2D eigenvalue weighted by Gasteiger charge is 2.12. The summed E-state index contributed by atoms with van der Waals surface area (Å²) in [7, 11) is 1.90. The number of nitrogen functional groups attached to an aromatic ring is 1. The number of aryl methyl sites for hydroxylation is 1. The van der Waals surface area contributed by atoms with Gasteiger partial charge in [-0.25, -0.2) is 4.99 Å². The quantitative estimate of drug-likeness (QED) is 0.455. The number of fused-ring (bicyclic) bond motifs is 2. The molecule has 0 aromatic heterocycles. The van der Waals surface area contributed by atoms with Crippen molar-refractivity contribution in [3.63, 3.8) is 0 Å². The molecule has 0 saturated carbocycles. The number of nitrogens with one attached hydrogen (secondary N) is 1. The average Bonchev–Trinajstić information content (AvgIpc) is 2.38. The molecule has 0 radical (unpaired) electrons. The minimum absolute atomic E-state index is 0.717. The molecule has 0 fully saturated rings. The van der Waals surface area contributed by atoms with Crippen LogP contribution in [0.3, 0.4) is 0 Å². The molecule has 3 nitrogen and oxygen atoms in total. The molecule has 1 aromatic carbocycles. The predicted molar refractivity (Wildman–Crippen MR) is 72.0 cm³/mol. The van der Waals surface area contributed by atoms with Gasteiger partial charge in [0.2, 0.25) is 5.36 Å². The number of nitrogens with two attached hydrogens (primary N) is 1. The zero-order valence-electron chi connectivity index (χ0n) is 10.4. The lowest BCUT2D eigenvalue weighted by Crippen LogP contribution is -2.71. The molecule has 0 saturated heterocycles. The van der Waals surface area contributed by atoms with Crippen molar-refractivity contribution in [1.29, 1.82) is 0 Å². The maximum atomic E-state index is 5.93. The highest BCUT2D eigenvalue weighted by molar-refractivity contribution is 5.89. The number of hydrogen-bond acceptors (Lipinski definition) is 2. The topological polar surface area (TPSA) is 53.1 Å². The van der Waals surface area contributed by atoms with Gasteiger partial charge in [-0.2, -0.15) is 0 Å². The molecule has 0 spiro atoms. The van der Waals surface area contributed by atoms with Crippen LogP contribution in [0.25, 0.3) is 22.3 Å². The second-order valence-corrected chi connectivity index (χ2v) is 4.44. The van der Waals surface area contributed by atoms with Gasteiger partial charge < -0.3 is 10.2 Å². The van der Waals surface area contributed by atoms with Crippen molar-refractivity contribution >= 4 is 16.7 Å². The molecule has 90 valence electrons. The van der Waals surface area contributed by atoms with Gasteiger partial charge in [-0.05, 0) is 30.7 Å². The van der Waals surface area contributed by atoms with Crippen LogP contribution in [0.2, 0.25) is 0 Å². The number of rotatable bonds is 0. The summed E-state index contributed by atoms with van der Waals surface area (Å²) in [4.78, 5) is 3.11. The smallest absolute Gasteiger partial charge is 0.201 e. The molecule has 3 rings (SSSR count). The van der Waals surface area contributed by atoms with Crippen molar-refractivity contribution in [2.24, 2.45) is 0 Å². The minimum Gasteiger partial charge on any atom is -0.456 e. The molecule has 3 N–H and O–H groups in total. The van der Waals surface area contributed by atoms with E-state index in [1.807, 2.05) is 37.4 Å². The fraction of sp³-hybridized carbons (Fsp3) is 0.133. The largest absolute Gasteiger partial charge is 0.456 e. The lowest BCUT2D eigenvalue weighted by molar-refractivity contribution is -0.465. The van der Waals surface area contributed by atoms with Crippen LogP contribution in [0.5, 0.6) is 0 Å². The lowest BCUT2D eigenvalue weighted by Gasteiger charge is -2.11. The van der Waals surface area contributed by atoms with Crippen molar-refractivity contribution < 1.29 is 9.41 Å².